The first-order valence-electron chi connectivity index (χ1n) is 12.1. The van der Waals surface area contributed by atoms with Crippen LogP contribution in [0, 0.1) is 26.7 Å². The molecule has 1 atom stereocenters. The largest absolute Gasteiger partial charge is 0.481 e. The molecule has 1 fully saturated rings. The Balaban J connectivity index is 0.000000289. The van der Waals surface area contributed by atoms with E-state index in [9.17, 15) is 23.1 Å². The van der Waals surface area contributed by atoms with E-state index in [0.29, 0.717) is 19.5 Å². The number of carbonyl (C=O) groups excluding carboxylic acids is 1. The number of rotatable bonds is 8. The Labute approximate surface area is 226 Å². The van der Waals surface area contributed by atoms with Crippen molar-refractivity contribution >= 4 is 44.5 Å². The third kappa shape index (κ3) is 8.05. The van der Waals surface area contributed by atoms with Crippen LogP contribution in [0.25, 0.3) is 0 Å². The summed E-state index contributed by atoms with van der Waals surface area (Å²) in [5, 5.41) is 13.3. The zero-order valence-corrected chi connectivity index (χ0v) is 23.7. The predicted octanol–water partition coefficient (Wildman–Crippen LogP) is 5.56. The topological polar surface area (TPSA) is 112 Å². The standard InChI is InChI=1S/C20H25NO3S2.C7H8O3S/c1-13-6-10-25-18(13)17(19-14(2)7-11-26-19)16(22)5-9-21-8-3-4-15(12-21)20(23)24;1-6-2-4-7(5-3-6)11(8,9)10/h6-7,10-11,15,17H,3-5,8-9,12H2,1-2H3,(H,23,24);2-5H,1H3,(H,8,9,10). The molecule has 10 heteroatoms. The minimum absolute atomic E-state index is 0.0666. The average Bonchev–Trinajstić information content (AvgIpc) is 3.46. The van der Waals surface area contributed by atoms with Gasteiger partial charge < -0.3 is 10.0 Å². The predicted molar refractivity (Wildman–Crippen MR) is 147 cm³/mol. The Morgan fingerprint density at radius 3 is 2.03 bits per heavy atom. The highest BCUT2D eigenvalue weighted by Gasteiger charge is 2.30. The van der Waals surface area contributed by atoms with Crippen LogP contribution in [0.5, 0.6) is 0 Å². The minimum Gasteiger partial charge on any atom is -0.481 e. The van der Waals surface area contributed by atoms with Gasteiger partial charge >= 0.3 is 5.97 Å². The molecule has 1 saturated heterocycles. The van der Waals surface area contributed by atoms with Crippen LogP contribution < -0.4 is 0 Å². The van der Waals surface area contributed by atoms with Gasteiger partial charge in [-0.05, 0) is 86.3 Å². The van der Waals surface area contributed by atoms with Crippen molar-refractivity contribution in [2.24, 2.45) is 5.92 Å². The molecule has 1 aliphatic rings. The van der Waals surface area contributed by atoms with Gasteiger partial charge in [0.15, 0.2) is 0 Å². The highest BCUT2D eigenvalue weighted by atomic mass is 32.2. The van der Waals surface area contributed by atoms with E-state index in [2.05, 4.69) is 41.6 Å². The highest BCUT2D eigenvalue weighted by molar-refractivity contribution is 7.85. The quantitative estimate of drug-likeness (QED) is 0.345. The molecule has 37 heavy (non-hydrogen) atoms. The van der Waals surface area contributed by atoms with Gasteiger partial charge in [0.25, 0.3) is 10.1 Å². The number of hydrogen-bond donors (Lipinski definition) is 2. The summed E-state index contributed by atoms with van der Waals surface area (Å²) in [5.41, 5.74) is 3.30. The first-order valence-corrected chi connectivity index (χ1v) is 15.3. The second-order valence-electron chi connectivity index (χ2n) is 9.35. The number of Topliss-reactive ketones (excluding diaryl/α,β-unsaturated/α-hetero) is 1. The third-order valence-corrected chi connectivity index (χ3v) is 9.53. The molecule has 2 aromatic heterocycles. The van der Waals surface area contributed by atoms with E-state index in [1.54, 1.807) is 34.8 Å². The molecule has 1 unspecified atom stereocenters. The van der Waals surface area contributed by atoms with Crippen LogP contribution in [-0.4, -0.2) is 54.4 Å². The second-order valence-corrected chi connectivity index (χ2v) is 12.7. The summed E-state index contributed by atoms with van der Waals surface area (Å²) >= 11 is 3.31. The Morgan fingerprint density at radius 1 is 1.00 bits per heavy atom. The van der Waals surface area contributed by atoms with E-state index in [1.807, 2.05) is 6.92 Å². The van der Waals surface area contributed by atoms with Gasteiger partial charge in [-0.3, -0.25) is 14.1 Å². The lowest BCUT2D eigenvalue weighted by Crippen LogP contribution is -2.39. The van der Waals surface area contributed by atoms with Gasteiger partial charge in [-0.2, -0.15) is 8.42 Å². The summed E-state index contributed by atoms with van der Waals surface area (Å²) in [6.07, 6.45) is 2.10. The molecule has 0 spiro atoms. The molecule has 0 aliphatic carbocycles. The number of carbonyl (C=O) groups is 2. The first-order chi connectivity index (χ1) is 17.5. The van der Waals surface area contributed by atoms with Crippen LogP contribution in [0.3, 0.4) is 0 Å². The molecule has 4 rings (SSSR count). The van der Waals surface area contributed by atoms with Gasteiger partial charge in [0.05, 0.1) is 16.7 Å². The molecule has 0 saturated carbocycles. The third-order valence-electron chi connectivity index (χ3n) is 6.50. The van der Waals surface area contributed by atoms with E-state index in [1.165, 1.54) is 23.3 Å². The van der Waals surface area contributed by atoms with Gasteiger partial charge in [-0.15, -0.1) is 22.7 Å². The number of aryl methyl sites for hydroxylation is 3. The van der Waals surface area contributed by atoms with E-state index in [-0.39, 0.29) is 22.5 Å². The fourth-order valence-corrected chi connectivity index (χ4v) is 7.03. The molecule has 3 aromatic rings. The van der Waals surface area contributed by atoms with Crippen molar-refractivity contribution in [3.05, 3.63) is 73.6 Å². The van der Waals surface area contributed by atoms with Crippen molar-refractivity contribution in [2.75, 3.05) is 19.6 Å². The van der Waals surface area contributed by atoms with Crippen molar-refractivity contribution < 1.29 is 27.7 Å². The zero-order valence-electron chi connectivity index (χ0n) is 21.2. The van der Waals surface area contributed by atoms with Crippen molar-refractivity contribution in [1.29, 1.82) is 0 Å². The molecule has 3 heterocycles. The Morgan fingerprint density at radius 2 is 1.57 bits per heavy atom. The second kappa shape index (κ2) is 12.9. The molecule has 7 nitrogen and oxygen atoms in total. The molecular formula is C27H33NO6S3. The molecule has 0 radical (unpaired) electrons. The maximum atomic E-state index is 13.2. The number of ketones is 1. The molecular weight excluding hydrogens is 530 g/mol. The number of piperidine rings is 1. The number of carboxylic acid groups (broad SMARTS) is 1. The number of thiophene rings is 2. The van der Waals surface area contributed by atoms with Crippen molar-refractivity contribution in [2.45, 2.75) is 50.8 Å². The Hall–Kier alpha value is -2.37. The van der Waals surface area contributed by atoms with Crippen LogP contribution in [0.4, 0.5) is 0 Å². The summed E-state index contributed by atoms with van der Waals surface area (Å²) in [6, 6.07) is 10.1. The van der Waals surface area contributed by atoms with Crippen molar-refractivity contribution in [1.82, 2.24) is 4.90 Å². The van der Waals surface area contributed by atoms with E-state index >= 15 is 0 Å². The molecule has 0 amide bonds. The number of carboxylic acids is 1. The number of likely N-dealkylation sites (tertiary alicyclic amines) is 1. The maximum Gasteiger partial charge on any atom is 0.307 e. The first kappa shape index (κ1) is 29.2. The number of hydrogen-bond acceptors (Lipinski definition) is 7. The van der Waals surface area contributed by atoms with Crippen molar-refractivity contribution in [3.63, 3.8) is 0 Å². The van der Waals surface area contributed by atoms with Crippen LogP contribution in [0.1, 0.15) is 51.6 Å². The Kier molecular flexibility index (Phi) is 10.2. The summed E-state index contributed by atoms with van der Waals surface area (Å²) in [4.78, 5) is 28.8. The molecule has 1 aromatic carbocycles. The Bertz CT molecular complexity index is 1270. The molecule has 0 bridgehead atoms. The van der Waals surface area contributed by atoms with Gasteiger partial charge in [0, 0.05) is 29.3 Å². The summed E-state index contributed by atoms with van der Waals surface area (Å²) < 4.78 is 29.6. The lowest BCUT2D eigenvalue weighted by Gasteiger charge is -2.30. The van der Waals surface area contributed by atoms with Crippen LogP contribution in [0.15, 0.2) is 52.1 Å². The van der Waals surface area contributed by atoms with E-state index in [0.717, 1.165) is 34.7 Å². The summed E-state index contributed by atoms with van der Waals surface area (Å²) in [7, 11) is -4.02. The van der Waals surface area contributed by atoms with Gasteiger partial charge in [-0.1, -0.05) is 17.7 Å². The van der Waals surface area contributed by atoms with Gasteiger partial charge in [-0.25, -0.2) is 0 Å². The highest BCUT2D eigenvalue weighted by Crippen LogP contribution is 2.37. The lowest BCUT2D eigenvalue weighted by atomic mass is 9.93. The molecule has 200 valence electrons. The smallest absolute Gasteiger partial charge is 0.307 e. The molecule has 1 aliphatic heterocycles. The normalized spacial score (nSPS) is 16.3. The summed E-state index contributed by atoms with van der Waals surface area (Å²) in [5.74, 6) is -0.968. The maximum absolute atomic E-state index is 13.2. The molecule has 2 N–H and O–H groups in total. The van der Waals surface area contributed by atoms with Crippen LogP contribution >= 0.6 is 22.7 Å². The number of benzene rings is 1. The SMILES string of the molecule is Cc1ccc(S(=O)(=O)O)cc1.Cc1ccsc1C(C(=O)CCN1CCCC(C(=O)O)C1)c1sccc1C. The number of aliphatic carboxylic acids is 1. The monoisotopic (exact) mass is 563 g/mol. The lowest BCUT2D eigenvalue weighted by molar-refractivity contribution is -0.143. The fraction of sp³-hybridized carbons (Fsp3) is 0.407. The van der Waals surface area contributed by atoms with Crippen LogP contribution in [0.2, 0.25) is 0 Å². The fourth-order valence-electron chi connectivity index (χ4n) is 4.35. The van der Waals surface area contributed by atoms with E-state index in [4.69, 9.17) is 4.55 Å². The number of nitrogens with zero attached hydrogens (tertiary/aromatic N) is 1. The van der Waals surface area contributed by atoms with Crippen molar-refractivity contribution in [3.8, 4) is 0 Å². The van der Waals surface area contributed by atoms with Crippen LogP contribution in [-0.2, 0) is 19.7 Å². The van der Waals surface area contributed by atoms with Gasteiger partial charge in [0.1, 0.15) is 5.78 Å². The minimum atomic E-state index is -4.02. The zero-order chi connectivity index (χ0) is 27.2. The van der Waals surface area contributed by atoms with Gasteiger partial charge in [0.2, 0.25) is 0 Å². The average molecular weight is 564 g/mol. The summed E-state index contributed by atoms with van der Waals surface area (Å²) in [6.45, 7) is 8.07. The van der Waals surface area contributed by atoms with E-state index < -0.39 is 16.1 Å².